The van der Waals surface area contributed by atoms with Crippen molar-refractivity contribution in [2.24, 2.45) is 0 Å². The number of carbonyl (C=O) groups excluding carboxylic acids is 1. The van der Waals surface area contributed by atoms with Gasteiger partial charge >= 0.3 is 6.16 Å². The zero-order valence-corrected chi connectivity index (χ0v) is 17.3. The Balaban J connectivity index is 1.34. The maximum absolute atomic E-state index is 11.6. The number of methoxy groups -OCH3 is 1. The van der Waals surface area contributed by atoms with Crippen LogP contribution >= 0.6 is 0 Å². The van der Waals surface area contributed by atoms with Crippen molar-refractivity contribution in [3.05, 3.63) is 71.8 Å². The van der Waals surface area contributed by atoms with Crippen LogP contribution in [0.25, 0.3) is 16.5 Å². The summed E-state index contributed by atoms with van der Waals surface area (Å²) in [6, 6.07) is 19.2. The van der Waals surface area contributed by atoms with E-state index in [9.17, 15) is 4.79 Å². The topological polar surface area (TPSA) is 63.4 Å². The normalized spacial score (nSPS) is 16.3. The number of benzene rings is 2. The first-order chi connectivity index (χ1) is 14.7. The van der Waals surface area contributed by atoms with Gasteiger partial charge in [0.15, 0.2) is 0 Å². The first-order valence-electron chi connectivity index (χ1n) is 10.6. The summed E-state index contributed by atoms with van der Waals surface area (Å²) in [7, 11) is 1.32. The Kier molecular flexibility index (Phi) is 6.50. The highest BCUT2D eigenvalue weighted by molar-refractivity contribution is 5.86. The predicted octanol–water partition coefficient (Wildman–Crippen LogP) is 5.47. The second-order valence-electron chi connectivity index (χ2n) is 7.68. The third-order valence-corrected chi connectivity index (χ3v) is 5.72. The Hall–Kier alpha value is -3.05. The summed E-state index contributed by atoms with van der Waals surface area (Å²) in [6.07, 6.45) is 6.78. The van der Waals surface area contributed by atoms with E-state index in [2.05, 4.69) is 57.5 Å². The van der Waals surface area contributed by atoms with E-state index in [1.165, 1.54) is 18.2 Å². The first-order valence-corrected chi connectivity index (χ1v) is 10.6. The van der Waals surface area contributed by atoms with Crippen molar-refractivity contribution in [1.82, 2.24) is 10.3 Å². The molecule has 2 heterocycles. The Bertz CT molecular complexity index is 1020. The number of aromatic amines is 1. The molecule has 0 bridgehead atoms. The minimum Gasteiger partial charge on any atom is -0.437 e. The Labute approximate surface area is 177 Å². The standard InChI is InChI=1S/C25H28N2O3/c1-29-25(28)30-24-22(21-12-7-8-14-23(21)27-24)13-6-5-11-20-17-19(15-16-26-20)18-9-3-2-4-10-18/h2-4,7-10,12,14-15,20,26-27H,5-6,11,13,16-17H2,1H3. The maximum Gasteiger partial charge on any atom is 0.514 e. The molecule has 0 amide bonds. The van der Waals surface area contributed by atoms with Crippen molar-refractivity contribution < 1.29 is 14.3 Å². The number of ether oxygens (including phenoxy) is 2. The summed E-state index contributed by atoms with van der Waals surface area (Å²) in [5.74, 6) is 0.494. The fraction of sp³-hybridized carbons (Fsp3) is 0.320. The smallest absolute Gasteiger partial charge is 0.437 e. The van der Waals surface area contributed by atoms with Gasteiger partial charge in [-0.25, -0.2) is 4.79 Å². The second kappa shape index (κ2) is 9.63. The van der Waals surface area contributed by atoms with Crippen molar-refractivity contribution in [3.63, 3.8) is 0 Å². The molecule has 5 heteroatoms. The summed E-state index contributed by atoms with van der Waals surface area (Å²) >= 11 is 0. The minimum atomic E-state index is -0.700. The van der Waals surface area contributed by atoms with Crippen LogP contribution < -0.4 is 10.1 Å². The predicted molar refractivity (Wildman–Crippen MR) is 120 cm³/mol. The van der Waals surface area contributed by atoms with Gasteiger partial charge < -0.3 is 19.8 Å². The fourth-order valence-electron chi connectivity index (χ4n) is 4.19. The van der Waals surface area contributed by atoms with Gasteiger partial charge in [-0.2, -0.15) is 0 Å². The van der Waals surface area contributed by atoms with E-state index in [4.69, 9.17) is 4.74 Å². The summed E-state index contributed by atoms with van der Waals surface area (Å²) in [5, 5.41) is 4.72. The van der Waals surface area contributed by atoms with Crippen LogP contribution in [0.5, 0.6) is 5.88 Å². The molecule has 4 rings (SSSR count). The lowest BCUT2D eigenvalue weighted by Crippen LogP contribution is -2.32. The maximum atomic E-state index is 11.6. The summed E-state index contributed by atoms with van der Waals surface area (Å²) in [4.78, 5) is 14.8. The molecule has 30 heavy (non-hydrogen) atoms. The van der Waals surface area contributed by atoms with Gasteiger partial charge in [-0.05, 0) is 42.9 Å². The largest absolute Gasteiger partial charge is 0.514 e. The van der Waals surface area contributed by atoms with Crippen molar-refractivity contribution in [2.45, 2.75) is 38.1 Å². The second-order valence-corrected chi connectivity index (χ2v) is 7.68. The van der Waals surface area contributed by atoms with Gasteiger partial charge in [-0.3, -0.25) is 0 Å². The highest BCUT2D eigenvalue weighted by atomic mass is 16.7. The molecule has 0 fully saturated rings. The number of hydrogen-bond donors (Lipinski definition) is 2. The molecule has 2 aromatic carbocycles. The van der Waals surface area contributed by atoms with Gasteiger partial charge in [0, 0.05) is 29.1 Å². The molecule has 0 saturated heterocycles. The lowest BCUT2D eigenvalue weighted by atomic mass is 9.92. The van der Waals surface area contributed by atoms with Gasteiger partial charge in [0.05, 0.1) is 7.11 Å². The monoisotopic (exact) mass is 404 g/mol. The third-order valence-electron chi connectivity index (χ3n) is 5.72. The molecule has 1 unspecified atom stereocenters. The third kappa shape index (κ3) is 4.74. The van der Waals surface area contributed by atoms with Crippen molar-refractivity contribution >= 4 is 22.6 Å². The van der Waals surface area contributed by atoms with Crippen LogP contribution in [0, 0.1) is 0 Å². The van der Waals surface area contributed by atoms with E-state index in [1.807, 2.05) is 18.2 Å². The number of fused-ring (bicyclic) bond motifs is 1. The molecule has 2 N–H and O–H groups in total. The van der Waals surface area contributed by atoms with Gasteiger partial charge in [-0.15, -0.1) is 0 Å². The van der Waals surface area contributed by atoms with Gasteiger partial charge in [0.2, 0.25) is 5.88 Å². The zero-order chi connectivity index (χ0) is 20.8. The molecule has 5 nitrogen and oxygen atoms in total. The molecule has 0 spiro atoms. The quantitative estimate of drug-likeness (QED) is 0.405. The number of hydrogen-bond acceptors (Lipinski definition) is 4. The van der Waals surface area contributed by atoms with Gasteiger partial charge in [-0.1, -0.05) is 61.0 Å². The summed E-state index contributed by atoms with van der Waals surface area (Å²) in [5.41, 5.74) is 4.77. The molecule has 0 radical (unpaired) electrons. The van der Waals surface area contributed by atoms with Crippen LogP contribution in [-0.2, 0) is 11.2 Å². The van der Waals surface area contributed by atoms with E-state index in [-0.39, 0.29) is 0 Å². The number of para-hydroxylation sites is 1. The van der Waals surface area contributed by atoms with E-state index in [0.29, 0.717) is 11.9 Å². The number of rotatable bonds is 7. The summed E-state index contributed by atoms with van der Waals surface area (Å²) < 4.78 is 10.0. The lowest BCUT2D eigenvalue weighted by Gasteiger charge is -2.24. The molecule has 156 valence electrons. The van der Waals surface area contributed by atoms with E-state index >= 15 is 0 Å². The average Bonchev–Trinajstić information content (AvgIpc) is 3.14. The van der Waals surface area contributed by atoms with Crippen LogP contribution in [0.3, 0.4) is 0 Å². The lowest BCUT2D eigenvalue weighted by molar-refractivity contribution is 0.119. The van der Waals surface area contributed by atoms with Crippen molar-refractivity contribution in [3.8, 4) is 5.88 Å². The van der Waals surface area contributed by atoms with Crippen LogP contribution in [0.2, 0.25) is 0 Å². The number of nitrogens with one attached hydrogen (secondary N) is 2. The number of aryl methyl sites for hydroxylation is 1. The van der Waals surface area contributed by atoms with E-state index < -0.39 is 6.16 Å². The minimum absolute atomic E-state index is 0.494. The van der Waals surface area contributed by atoms with Crippen LogP contribution in [0.4, 0.5) is 4.79 Å². The molecule has 1 atom stereocenters. The molecular weight excluding hydrogens is 376 g/mol. The van der Waals surface area contributed by atoms with E-state index in [1.54, 1.807) is 0 Å². The number of H-pyrrole nitrogens is 1. The molecule has 1 aliphatic rings. The Morgan fingerprint density at radius 3 is 2.70 bits per heavy atom. The SMILES string of the molecule is COC(=O)Oc1[nH]c2ccccc2c1CCCCC1CC(c2ccccc2)=CCN1. The Morgan fingerprint density at radius 2 is 1.87 bits per heavy atom. The molecule has 0 saturated carbocycles. The van der Waals surface area contributed by atoms with Gasteiger partial charge in [0.25, 0.3) is 0 Å². The average molecular weight is 405 g/mol. The Morgan fingerprint density at radius 1 is 1.07 bits per heavy atom. The highest BCUT2D eigenvalue weighted by Gasteiger charge is 2.18. The first kappa shape index (κ1) is 20.2. The zero-order valence-electron chi connectivity index (χ0n) is 17.3. The number of carbonyl (C=O) groups is 1. The molecule has 0 aliphatic carbocycles. The van der Waals surface area contributed by atoms with Crippen LogP contribution in [0.15, 0.2) is 60.7 Å². The van der Waals surface area contributed by atoms with Gasteiger partial charge in [0.1, 0.15) is 0 Å². The molecule has 1 aliphatic heterocycles. The summed E-state index contributed by atoms with van der Waals surface area (Å²) in [6.45, 7) is 0.925. The molecule has 3 aromatic rings. The van der Waals surface area contributed by atoms with E-state index in [0.717, 1.165) is 55.1 Å². The molecular formula is C25H28N2O3. The number of aromatic nitrogens is 1. The van der Waals surface area contributed by atoms with Crippen LogP contribution in [-0.4, -0.2) is 30.8 Å². The number of unbranched alkanes of at least 4 members (excludes halogenated alkanes) is 1. The fourth-order valence-corrected chi connectivity index (χ4v) is 4.19. The highest BCUT2D eigenvalue weighted by Crippen LogP contribution is 2.30. The van der Waals surface area contributed by atoms with Crippen molar-refractivity contribution in [2.75, 3.05) is 13.7 Å². The van der Waals surface area contributed by atoms with Crippen LogP contribution in [0.1, 0.15) is 36.8 Å². The molecule has 1 aromatic heterocycles. The van der Waals surface area contributed by atoms with Crippen molar-refractivity contribution in [1.29, 1.82) is 0 Å².